The predicted octanol–water partition coefficient (Wildman–Crippen LogP) is 1.97. The number of aromatic amines is 1. The van der Waals surface area contributed by atoms with Crippen LogP contribution in [0.2, 0.25) is 0 Å². The van der Waals surface area contributed by atoms with Crippen LogP contribution in [0.4, 0.5) is 5.82 Å². The SMILES string of the molecule is CCOc1cccc(OCc2cc(N)n[nH]2)c1. The minimum atomic E-state index is 0.403. The molecule has 1 aromatic heterocycles. The molecule has 0 amide bonds. The van der Waals surface area contributed by atoms with E-state index in [0.717, 1.165) is 17.2 Å². The summed E-state index contributed by atoms with van der Waals surface area (Å²) >= 11 is 0. The molecule has 0 bridgehead atoms. The molecule has 1 aromatic carbocycles. The summed E-state index contributed by atoms with van der Waals surface area (Å²) in [5.74, 6) is 2.02. The van der Waals surface area contributed by atoms with Crippen molar-refractivity contribution in [2.75, 3.05) is 12.3 Å². The highest BCUT2D eigenvalue weighted by Gasteiger charge is 2.00. The molecule has 2 rings (SSSR count). The van der Waals surface area contributed by atoms with E-state index in [1.807, 2.05) is 31.2 Å². The highest BCUT2D eigenvalue weighted by molar-refractivity contribution is 5.33. The average Bonchev–Trinajstić information content (AvgIpc) is 2.74. The number of benzene rings is 1. The van der Waals surface area contributed by atoms with Gasteiger partial charge in [-0.2, -0.15) is 5.10 Å². The lowest BCUT2D eigenvalue weighted by atomic mass is 10.3. The summed E-state index contributed by atoms with van der Waals surface area (Å²) in [4.78, 5) is 0. The molecule has 2 aromatic rings. The van der Waals surface area contributed by atoms with Gasteiger partial charge in [-0.3, -0.25) is 5.10 Å². The summed E-state index contributed by atoms with van der Waals surface area (Å²) in [5, 5.41) is 6.61. The van der Waals surface area contributed by atoms with Gasteiger partial charge in [-0.05, 0) is 19.1 Å². The number of nitrogens with two attached hydrogens (primary N) is 1. The first-order valence-corrected chi connectivity index (χ1v) is 5.43. The summed E-state index contributed by atoms with van der Waals surface area (Å²) in [6.07, 6.45) is 0. The maximum absolute atomic E-state index is 5.59. The quantitative estimate of drug-likeness (QED) is 0.828. The van der Waals surface area contributed by atoms with Crippen LogP contribution in [0.3, 0.4) is 0 Å². The third-order valence-electron chi connectivity index (χ3n) is 2.16. The highest BCUT2D eigenvalue weighted by atomic mass is 16.5. The fraction of sp³-hybridized carbons (Fsp3) is 0.250. The number of aromatic nitrogens is 2. The number of nitrogens with one attached hydrogen (secondary N) is 1. The van der Waals surface area contributed by atoms with Gasteiger partial charge in [0.1, 0.15) is 23.9 Å². The van der Waals surface area contributed by atoms with Gasteiger partial charge in [0.2, 0.25) is 0 Å². The molecule has 0 aliphatic rings. The first kappa shape index (κ1) is 11.3. The number of nitrogen functional groups attached to an aromatic ring is 1. The molecule has 0 fully saturated rings. The van der Waals surface area contributed by atoms with Crippen LogP contribution in [0.25, 0.3) is 0 Å². The Morgan fingerprint density at radius 1 is 1.24 bits per heavy atom. The van der Waals surface area contributed by atoms with Gasteiger partial charge in [0, 0.05) is 12.1 Å². The zero-order valence-electron chi connectivity index (χ0n) is 9.64. The molecule has 0 aliphatic carbocycles. The zero-order chi connectivity index (χ0) is 12.1. The van der Waals surface area contributed by atoms with E-state index < -0.39 is 0 Å². The van der Waals surface area contributed by atoms with Gasteiger partial charge < -0.3 is 15.2 Å². The second-order valence-corrected chi connectivity index (χ2v) is 3.51. The fourth-order valence-electron chi connectivity index (χ4n) is 1.43. The second-order valence-electron chi connectivity index (χ2n) is 3.51. The van der Waals surface area contributed by atoms with E-state index in [1.165, 1.54) is 0 Å². The van der Waals surface area contributed by atoms with Crippen molar-refractivity contribution in [3.63, 3.8) is 0 Å². The smallest absolute Gasteiger partial charge is 0.145 e. The number of rotatable bonds is 5. The van der Waals surface area contributed by atoms with Crippen LogP contribution >= 0.6 is 0 Å². The van der Waals surface area contributed by atoms with Crippen molar-refractivity contribution in [1.29, 1.82) is 0 Å². The van der Waals surface area contributed by atoms with Gasteiger partial charge in [-0.25, -0.2) is 0 Å². The molecule has 17 heavy (non-hydrogen) atoms. The molecule has 5 heteroatoms. The normalized spacial score (nSPS) is 10.2. The molecule has 0 atom stereocenters. The Labute approximate surface area is 99.5 Å². The summed E-state index contributed by atoms with van der Waals surface area (Å²) in [6, 6.07) is 9.25. The Morgan fingerprint density at radius 2 is 2.00 bits per heavy atom. The molecule has 0 saturated heterocycles. The minimum absolute atomic E-state index is 0.403. The van der Waals surface area contributed by atoms with Gasteiger partial charge in [-0.1, -0.05) is 6.07 Å². The fourth-order valence-corrected chi connectivity index (χ4v) is 1.43. The van der Waals surface area contributed by atoms with Crippen LogP contribution in [-0.4, -0.2) is 16.8 Å². The summed E-state index contributed by atoms with van der Waals surface area (Å²) < 4.78 is 11.0. The summed E-state index contributed by atoms with van der Waals surface area (Å²) in [6.45, 7) is 2.99. The zero-order valence-corrected chi connectivity index (χ0v) is 9.64. The van der Waals surface area contributed by atoms with E-state index in [1.54, 1.807) is 6.07 Å². The Hall–Kier alpha value is -2.17. The largest absolute Gasteiger partial charge is 0.494 e. The average molecular weight is 233 g/mol. The molecular weight excluding hydrogens is 218 g/mol. The van der Waals surface area contributed by atoms with Gasteiger partial charge >= 0.3 is 0 Å². The van der Waals surface area contributed by atoms with Crippen LogP contribution in [0, 0.1) is 0 Å². The monoisotopic (exact) mass is 233 g/mol. The van der Waals surface area contributed by atoms with Crippen LogP contribution in [0.1, 0.15) is 12.6 Å². The number of ether oxygens (including phenoxy) is 2. The lowest BCUT2D eigenvalue weighted by Gasteiger charge is -2.07. The maximum atomic E-state index is 5.59. The molecule has 3 N–H and O–H groups in total. The molecule has 5 nitrogen and oxygen atoms in total. The van der Waals surface area contributed by atoms with Crippen molar-refractivity contribution < 1.29 is 9.47 Å². The first-order chi connectivity index (χ1) is 8.28. The van der Waals surface area contributed by atoms with Crippen molar-refractivity contribution in [2.24, 2.45) is 0 Å². The Kier molecular flexibility index (Phi) is 3.49. The molecule has 0 unspecified atom stereocenters. The van der Waals surface area contributed by atoms with Gasteiger partial charge in [0.05, 0.1) is 12.3 Å². The molecule has 1 heterocycles. The minimum Gasteiger partial charge on any atom is -0.494 e. The van der Waals surface area contributed by atoms with E-state index in [9.17, 15) is 0 Å². The maximum Gasteiger partial charge on any atom is 0.145 e. The molecule has 0 spiro atoms. The number of anilines is 1. The van der Waals surface area contributed by atoms with Crippen molar-refractivity contribution in [2.45, 2.75) is 13.5 Å². The van der Waals surface area contributed by atoms with Crippen LogP contribution in [0.15, 0.2) is 30.3 Å². The molecule has 0 aliphatic heterocycles. The van der Waals surface area contributed by atoms with Crippen molar-refractivity contribution in [1.82, 2.24) is 10.2 Å². The lowest BCUT2D eigenvalue weighted by molar-refractivity contribution is 0.295. The second kappa shape index (κ2) is 5.25. The van der Waals surface area contributed by atoms with Gasteiger partial charge in [-0.15, -0.1) is 0 Å². The third-order valence-corrected chi connectivity index (χ3v) is 2.16. The van der Waals surface area contributed by atoms with Crippen LogP contribution in [0.5, 0.6) is 11.5 Å². The van der Waals surface area contributed by atoms with Gasteiger partial charge in [0.15, 0.2) is 0 Å². The number of hydrogen-bond acceptors (Lipinski definition) is 4. The molecular formula is C12H15N3O2. The number of nitrogens with zero attached hydrogens (tertiary/aromatic N) is 1. The molecule has 90 valence electrons. The van der Waals surface area contributed by atoms with E-state index >= 15 is 0 Å². The van der Waals surface area contributed by atoms with E-state index in [0.29, 0.717) is 19.0 Å². The Balaban J connectivity index is 1.96. The molecule has 0 radical (unpaired) electrons. The molecule has 0 saturated carbocycles. The lowest BCUT2D eigenvalue weighted by Crippen LogP contribution is -1.97. The standard InChI is InChI=1S/C12H15N3O2/c1-2-16-10-4-3-5-11(7-10)17-8-9-6-12(13)15-14-9/h3-7H,2,8H2,1H3,(H3,13,14,15). The van der Waals surface area contributed by atoms with Crippen molar-refractivity contribution in [3.05, 3.63) is 36.0 Å². The van der Waals surface area contributed by atoms with E-state index in [-0.39, 0.29) is 0 Å². The van der Waals surface area contributed by atoms with E-state index in [2.05, 4.69) is 10.2 Å². The van der Waals surface area contributed by atoms with Crippen molar-refractivity contribution >= 4 is 5.82 Å². The number of hydrogen-bond donors (Lipinski definition) is 2. The Morgan fingerprint density at radius 3 is 2.65 bits per heavy atom. The van der Waals surface area contributed by atoms with E-state index in [4.69, 9.17) is 15.2 Å². The van der Waals surface area contributed by atoms with Crippen LogP contribution in [-0.2, 0) is 6.61 Å². The van der Waals surface area contributed by atoms with Crippen LogP contribution < -0.4 is 15.2 Å². The van der Waals surface area contributed by atoms with Gasteiger partial charge in [0.25, 0.3) is 0 Å². The predicted molar refractivity (Wildman–Crippen MR) is 64.9 cm³/mol. The third kappa shape index (κ3) is 3.14. The highest BCUT2D eigenvalue weighted by Crippen LogP contribution is 2.20. The summed E-state index contributed by atoms with van der Waals surface area (Å²) in [7, 11) is 0. The number of H-pyrrole nitrogens is 1. The topological polar surface area (TPSA) is 73.2 Å². The summed E-state index contributed by atoms with van der Waals surface area (Å²) in [5.41, 5.74) is 6.33. The first-order valence-electron chi connectivity index (χ1n) is 5.43. The van der Waals surface area contributed by atoms with Crippen molar-refractivity contribution in [3.8, 4) is 11.5 Å². The Bertz CT molecular complexity index is 482.